The fraction of sp³-hybridized carbons (Fsp3) is 0.529. The van der Waals surface area contributed by atoms with Gasteiger partial charge in [0, 0.05) is 19.5 Å². The van der Waals surface area contributed by atoms with E-state index in [4.69, 9.17) is 4.74 Å². The van der Waals surface area contributed by atoms with E-state index < -0.39 is 6.10 Å². The summed E-state index contributed by atoms with van der Waals surface area (Å²) in [7, 11) is 0. The van der Waals surface area contributed by atoms with Crippen LogP contribution in [-0.4, -0.2) is 31.0 Å². The molecule has 1 aromatic rings. The van der Waals surface area contributed by atoms with Crippen molar-refractivity contribution in [2.45, 2.75) is 39.7 Å². The molecule has 0 bridgehead atoms. The molecule has 1 unspecified atom stereocenters. The van der Waals surface area contributed by atoms with Crippen molar-refractivity contribution >= 4 is 17.5 Å². The lowest BCUT2D eigenvalue weighted by Crippen LogP contribution is -2.45. The lowest BCUT2D eigenvalue weighted by Gasteiger charge is -2.32. The van der Waals surface area contributed by atoms with Gasteiger partial charge in [0.05, 0.1) is 5.69 Å². The third-order valence-electron chi connectivity index (χ3n) is 3.68. The highest BCUT2D eigenvalue weighted by atomic mass is 16.5. The van der Waals surface area contributed by atoms with E-state index in [1.807, 2.05) is 24.3 Å². The second kappa shape index (κ2) is 7.29. The van der Waals surface area contributed by atoms with E-state index in [2.05, 4.69) is 19.2 Å². The minimum Gasteiger partial charge on any atom is -0.479 e. The summed E-state index contributed by atoms with van der Waals surface area (Å²) >= 11 is 0. The second-order valence-corrected chi connectivity index (χ2v) is 6.00. The molecule has 1 aliphatic rings. The fourth-order valence-corrected chi connectivity index (χ4v) is 2.39. The Labute approximate surface area is 131 Å². The summed E-state index contributed by atoms with van der Waals surface area (Å²) in [5.41, 5.74) is 0.737. The van der Waals surface area contributed by atoms with Gasteiger partial charge in [-0.3, -0.25) is 9.59 Å². The molecular weight excluding hydrogens is 280 g/mol. The molecule has 0 spiro atoms. The van der Waals surface area contributed by atoms with Crippen molar-refractivity contribution in [1.29, 1.82) is 0 Å². The summed E-state index contributed by atoms with van der Waals surface area (Å²) in [6.07, 6.45) is 0.742. The van der Waals surface area contributed by atoms with Gasteiger partial charge in [-0.2, -0.15) is 0 Å². The Balaban J connectivity index is 1.94. The lowest BCUT2D eigenvalue weighted by atomic mass is 10.1. The van der Waals surface area contributed by atoms with E-state index in [0.717, 1.165) is 12.1 Å². The van der Waals surface area contributed by atoms with Crippen molar-refractivity contribution in [3.63, 3.8) is 0 Å². The van der Waals surface area contributed by atoms with E-state index in [1.165, 1.54) is 0 Å². The number of nitrogens with zero attached hydrogens (tertiary/aromatic N) is 1. The van der Waals surface area contributed by atoms with Gasteiger partial charge in [0.2, 0.25) is 5.91 Å². The van der Waals surface area contributed by atoms with Crippen LogP contribution in [0.3, 0.4) is 0 Å². The number of para-hydroxylation sites is 2. The Morgan fingerprint density at radius 3 is 2.82 bits per heavy atom. The third-order valence-corrected chi connectivity index (χ3v) is 3.68. The minimum absolute atomic E-state index is 0.0231. The van der Waals surface area contributed by atoms with E-state index >= 15 is 0 Å². The first-order chi connectivity index (χ1) is 10.5. The molecule has 1 N–H and O–H groups in total. The summed E-state index contributed by atoms with van der Waals surface area (Å²) in [5.74, 6) is 1.13. The maximum absolute atomic E-state index is 12.3. The molecule has 0 radical (unpaired) electrons. The molecule has 0 saturated carbocycles. The maximum Gasteiger partial charge on any atom is 0.267 e. The van der Waals surface area contributed by atoms with Crippen LogP contribution in [0.5, 0.6) is 5.75 Å². The molecule has 120 valence electrons. The zero-order valence-electron chi connectivity index (χ0n) is 13.5. The van der Waals surface area contributed by atoms with Gasteiger partial charge < -0.3 is 15.0 Å². The van der Waals surface area contributed by atoms with Crippen molar-refractivity contribution in [2.75, 3.05) is 18.0 Å². The zero-order valence-corrected chi connectivity index (χ0v) is 13.5. The van der Waals surface area contributed by atoms with Crippen LogP contribution < -0.4 is 15.0 Å². The topological polar surface area (TPSA) is 58.6 Å². The molecule has 1 heterocycles. The van der Waals surface area contributed by atoms with E-state index in [1.54, 1.807) is 11.8 Å². The second-order valence-electron chi connectivity index (χ2n) is 6.00. The Bertz CT molecular complexity index is 542. The number of hydrogen-bond donors (Lipinski definition) is 1. The highest BCUT2D eigenvalue weighted by molar-refractivity contribution is 6.00. The number of amides is 2. The molecule has 1 aromatic carbocycles. The van der Waals surface area contributed by atoms with Crippen LogP contribution in [0.25, 0.3) is 0 Å². The van der Waals surface area contributed by atoms with Gasteiger partial charge in [-0.25, -0.2) is 0 Å². The van der Waals surface area contributed by atoms with Gasteiger partial charge in [0.25, 0.3) is 5.91 Å². The quantitative estimate of drug-likeness (QED) is 0.877. The molecular formula is C17H24N2O3. The van der Waals surface area contributed by atoms with Crippen LogP contribution in [0, 0.1) is 5.92 Å². The summed E-state index contributed by atoms with van der Waals surface area (Å²) in [5, 5.41) is 2.90. The number of nitrogens with one attached hydrogen (secondary N) is 1. The number of benzene rings is 1. The summed E-state index contributed by atoms with van der Waals surface area (Å²) in [4.78, 5) is 25.8. The standard InChI is InChI=1S/C17H24N2O3/c1-12(2)8-10-18-16(20)9-11-19-14-6-4-5-7-15(14)22-13(3)17(19)21/h4-7,12-13H,8-11H2,1-3H3,(H,18,20). The van der Waals surface area contributed by atoms with Crippen LogP contribution in [0.1, 0.15) is 33.6 Å². The van der Waals surface area contributed by atoms with Gasteiger partial charge in [-0.05, 0) is 31.4 Å². The van der Waals surface area contributed by atoms with E-state index in [-0.39, 0.29) is 11.8 Å². The largest absolute Gasteiger partial charge is 0.479 e. The number of fused-ring (bicyclic) bond motifs is 1. The lowest BCUT2D eigenvalue weighted by molar-refractivity contribution is -0.125. The Morgan fingerprint density at radius 1 is 1.36 bits per heavy atom. The van der Waals surface area contributed by atoms with Gasteiger partial charge in [0.15, 0.2) is 6.10 Å². The van der Waals surface area contributed by atoms with Crippen LogP contribution in [0.4, 0.5) is 5.69 Å². The van der Waals surface area contributed by atoms with Gasteiger partial charge in [-0.15, -0.1) is 0 Å². The number of carbonyl (C=O) groups is 2. The average Bonchev–Trinajstić information content (AvgIpc) is 2.47. The smallest absolute Gasteiger partial charge is 0.267 e. The fourth-order valence-electron chi connectivity index (χ4n) is 2.39. The highest BCUT2D eigenvalue weighted by Crippen LogP contribution is 2.33. The van der Waals surface area contributed by atoms with Crippen LogP contribution in [-0.2, 0) is 9.59 Å². The van der Waals surface area contributed by atoms with Gasteiger partial charge in [-0.1, -0.05) is 26.0 Å². The number of anilines is 1. The summed E-state index contributed by atoms with van der Waals surface area (Å²) < 4.78 is 5.58. The monoisotopic (exact) mass is 304 g/mol. The molecule has 22 heavy (non-hydrogen) atoms. The summed E-state index contributed by atoms with van der Waals surface area (Å²) in [6.45, 7) is 7.03. The molecule has 0 aliphatic carbocycles. The SMILES string of the molecule is CC(C)CCNC(=O)CCN1C(=O)C(C)Oc2ccccc21. The first-order valence-corrected chi connectivity index (χ1v) is 7.82. The van der Waals surface area contributed by atoms with Gasteiger partial charge >= 0.3 is 0 Å². The molecule has 1 aliphatic heterocycles. The first kappa shape index (κ1) is 16.3. The van der Waals surface area contributed by atoms with E-state index in [0.29, 0.717) is 31.2 Å². The molecule has 5 heteroatoms. The van der Waals surface area contributed by atoms with Gasteiger partial charge in [0.1, 0.15) is 5.75 Å². The average molecular weight is 304 g/mol. The van der Waals surface area contributed by atoms with Crippen LogP contribution in [0.2, 0.25) is 0 Å². The van der Waals surface area contributed by atoms with Crippen molar-refractivity contribution in [3.8, 4) is 5.75 Å². The summed E-state index contributed by atoms with van der Waals surface area (Å²) in [6, 6.07) is 7.42. The van der Waals surface area contributed by atoms with Crippen molar-refractivity contribution in [1.82, 2.24) is 5.32 Å². The minimum atomic E-state index is -0.515. The first-order valence-electron chi connectivity index (χ1n) is 7.82. The molecule has 1 atom stereocenters. The Morgan fingerprint density at radius 2 is 2.09 bits per heavy atom. The predicted molar refractivity (Wildman–Crippen MR) is 86.0 cm³/mol. The van der Waals surface area contributed by atoms with Crippen molar-refractivity contribution < 1.29 is 14.3 Å². The Kier molecular flexibility index (Phi) is 5.41. The maximum atomic E-state index is 12.3. The third kappa shape index (κ3) is 4.00. The zero-order chi connectivity index (χ0) is 16.1. The molecule has 0 aromatic heterocycles. The van der Waals surface area contributed by atoms with Crippen LogP contribution in [0.15, 0.2) is 24.3 Å². The molecule has 5 nitrogen and oxygen atoms in total. The number of rotatable bonds is 6. The number of ether oxygens (including phenoxy) is 1. The molecule has 0 saturated heterocycles. The van der Waals surface area contributed by atoms with Crippen molar-refractivity contribution in [2.24, 2.45) is 5.92 Å². The van der Waals surface area contributed by atoms with Crippen molar-refractivity contribution in [3.05, 3.63) is 24.3 Å². The number of hydrogen-bond acceptors (Lipinski definition) is 3. The van der Waals surface area contributed by atoms with E-state index in [9.17, 15) is 9.59 Å². The molecule has 2 rings (SSSR count). The van der Waals surface area contributed by atoms with Crippen LogP contribution >= 0.6 is 0 Å². The molecule has 2 amide bonds. The molecule has 0 fully saturated rings. The highest BCUT2D eigenvalue weighted by Gasteiger charge is 2.31. The Hall–Kier alpha value is -2.04. The number of carbonyl (C=O) groups excluding carboxylic acids is 2. The predicted octanol–water partition coefficient (Wildman–Crippen LogP) is 2.35. The normalized spacial score (nSPS) is 17.2.